The largest absolute Gasteiger partial charge is 0.460 e. The van der Waals surface area contributed by atoms with Gasteiger partial charge < -0.3 is 14.2 Å². The Morgan fingerprint density at radius 2 is 1.88 bits per heavy atom. The van der Waals surface area contributed by atoms with Gasteiger partial charge in [0.1, 0.15) is 5.60 Å². The molecule has 1 aromatic rings. The van der Waals surface area contributed by atoms with E-state index in [1.165, 1.54) is 4.68 Å². The van der Waals surface area contributed by atoms with Crippen LogP contribution in [-0.4, -0.2) is 63.9 Å². The van der Waals surface area contributed by atoms with E-state index in [2.05, 4.69) is 15.5 Å². The average Bonchev–Trinajstić information content (AvgIpc) is 3.09. The summed E-state index contributed by atoms with van der Waals surface area (Å²) in [6.07, 6.45) is 6.59. The summed E-state index contributed by atoms with van der Waals surface area (Å²) in [5, 5.41) is 11.1. The highest BCUT2D eigenvalue weighted by Crippen LogP contribution is 2.31. The minimum absolute atomic E-state index is 0.00899. The van der Waals surface area contributed by atoms with Crippen LogP contribution in [0, 0.1) is 5.92 Å². The van der Waals surface area contributed by atoms with Gasteiger partial charge in [0.05, 0.1) is 30.4 Å². The number of hydrogen-bond acceptors (Lipinski definition) is 9. The van der Waals surface area contributed by atoms with Crippen molar-refractivity contribution in [3.05, 3.63) is 24.3 Å². The normalized spacial score (nSPS) is 27.9. The molecule has 0 N–H and O–H groups in total. The monoisotopic (exact) mass is 468 g/mol. The lowest BCUT2D eigenvalue weighted by molar-refractivity contribution is -0.295. The van der Waals surface area contributed by atoms with Crippen molar-refractivity contribution < 1.29 is 27.4 Å². The maximum Gasteiger partial charge on any atom is 0.308 e. The van der Waals surface area contributed by atoms with Gasteiger partial charge in [0.2, 0.25) is 9.84 Å². The maximum atomic E-state index is 13.2. The molecule has 0 aromatic carbocycles. The summed E-state index contributed by atoms with van der Waals surface area (Å²) in [5.41, 5.74) is -0.614. The van der Waals surface area contributed by atoms with E-state index in [-0.39, 0.29) is 35.7 Å². The third-order valence-corrected chi connectivity index (χ3v) is 6.68. The molecule has 1 aliphatic carbocycles. The topological polar surface area (TPSA) is 123 Å². The molecule has 4 atom stereocenters. The summed E-state index contributed by atoms with van der Waals surface area (Å²) in [6.45, 7) is 10.7. The van der Waals surface area contributed by atoms with E-state index in [1.807, 2.05) is 31.2 Å². The van der Waals surface area contributed by atoms with Gasteiger partial charge in [-0.05, 0) is 45.0 Å². The molecule has 1 fully saturated rings. The van der Waals surface area contributed by atoms with Crippen LogP contribution in [0.2, 0.25) is 0 Å². The SMILES string of the molecule is CC1C=CC=CC1n1nnnc1S(=O)(=O)C[C@@H]1C[C@H](CC(=O)OC(C)(C)C)OC(C)(C)O1. The van der Waals surface area contributed by atoms with Crippen LogP contribution >= 0.6 is 0 Å². The first-order chi connectivity index (χ1) is 14.8. The number of esters is 1. The van der Waals surface area contributed by atoms with E-state index >= 15 is 0 Å². The summed E-state index contributed by atoms with van der Waals surface area (Å²) < 4.78 is 44.9. The second kappa shape index (κ2) is 9.03. The van der Waals surface area contributed by atoms with Gasteiger partial charge in [0, 0.05) is 12.3 Å². The van der Waals surface area contributed by atoms with Crippen LogP contribution in [0.3, 0.4) is 0 Å². The van der Waals surface area contributed by atoms with Gasteiger partial charge in [0.15, 0.2) is 5.79 Å². The molecule has 32 heavy (non-hydrogen) atoms. The standard InChI is InChI=1S/C21H32N4O6S/c1-14-9-7-8-10-17(14)25-19(22-23-24-25)32(27,28)13-16-11-15(29-21(5,6)30-16)12-18(26)31-20(2,3)4/h7-10,14-17H,11-13H2,1-6H3/t14?,15-,16+,17?/m1/s1. The molecule has 11 heteroatoms. The van der Waals surface area contributed by atoms with Crippen molar-refractivity contribution in [1.29, 1.82) is 0 Å². The molecule has 2 heterocycles. The van der Waals surface area contributed by atoms with Gasteiger partial charge in [-0.15, -0.1) is 0 Å². The minimum atomic E-state index is -3.88. The smallest absolute Gasteiger partial charge is 0.308 e. The number of carbonyl (C=O) groups is 1. The zero-order valence-corrected chi connectivity index (χ0v) is 20.2. The third-order valence-electron chi connectivity index (χ3n) is 5.04. The van der Waals surface area contributed by atoms with Crippen molar-refractivity contribution >= 4 is 15.8 Å². The minimum Gasteiger partial charge on any atom is -0.460 e. The Bertz CT molecular complexity index is 992. The van der Waals surface area contributed by atoms with Crippen molar-refractivity contribution in [2.24, 2.45) is 5.92 Å². The van der Waals surface area contributed by atoms with Gasteiger partial charge in [-0.1, -0.05) is 36.3 Å². The highest BCUT2D eigenvalue weighted by atomic mass is 32.2. The molecule has 0 bridgehead atoms. The van der Waals surface area contributed by atoms with E-state index in [4.69, 9.17) is 14.2 Å². The fraction of sp³-hybridized carbons (Fsp3) is 0.714. The summed E-state index contributed by atoms with van der Waals surface area (Å²) in [5.74, 6) is -1.75. The molecule has 0 spiro atoms. The van der Waals surface area contributed by atoms with Crippen molar-refractivity contribution in [3.8, 4) is 0 Å². The van der Waals surface area contributed by atoms with Crippen LogP contribution < -0.4 is 0 Å². The fourth-order valence-electron chi connectivity index (χ4n) is 3.92. The Morgan fingerprint density at radius 1 is 1.22 bits per heavy atom. The second-order valence-electron chi connectivity index (χ2n) is 9.71. The van der Waals surface area contributed by atoms with E-state index in [9.17, 15) is 13.2 Å². The molecule has 1 saturated heterocycles. The first-order valence-electron chi connectivity index (χ1n) is 10.7. The molecule has 0 saturated carbocycles. The Hall–Kier alpha value is -2.11. The number of sulfone groups is 1. The molecule has 0 amide bonds. The van der Waals surface area contributed by atoms with Crippen molar-refractivity contribution in [3.63, 3.8) is 0 Å². The summed E-state index contributed by atoms with van der Waals surface area (Å²) in [7, 11) is -3.88. The number of tetrazole rings is 1. The van der Waals surface area contributed by atoms with Crippen LogP contribution in [0.1, 0.15) is 60.4 Å². The van der Waals surface area contributed by atoms with Crippen molar-refractivity contribution in [2.75, 3.05) is 5.75 Å². The lowest BCUT2D eigenvalue weighted by atomic mass is 9.98. The molecule has 1 aromatic heterocycles. The summed E-state index contributed by atoms with van der Waals surface area (Å²) >= 11 is 0. The van der Waals surface area contributed by atoms with Crippen LogP contribution in [0.4, 0.5) is 0 Å². The predicted molar refractivity (Wildman–Crippen MR) is 115 cm³/mol. The Labute approximate surface area is 188 Å². The number of ether oxygens (including phenoxy) is 3. The molecule has 2 aliphatic rings. The van der Waals surface area contributed by atoms with Gasteiger partial charge in [-0.2, -0.15) is 0 Å². The predicted octanol–water partition coefficient (Wildman–Crippen LogP) is 2.39. The van der Waals surface area contributed by atoms with Gasteiger partial charge in [-0.25, -0.2) is 13.1 Å². The average molecular weight is 469 g/mol. The molecule has 3 rings (SSSR count). The lowest BCUT2D eigenvalue weighted by Gasteiger charge is -2.40. The van der Waals surface area contributed by atoms with E-state index in [0.29, 0.717) is 0 Å². The Morgan fingerprint density at radius 3 is 2.53 bits per heavy atom. The van der Waals surface area contributed by atoms with Gasteiger partial charge in [-0.3, -0.25) is 4.79 Å². The third kappa shape index (κ3) is 6.23. The number of allylic oxidation sites excluding steroid dienone is 4. The molecule has 0 radical (unpaired) electrons. The van der Waals surface area contributed by atoms with Crippen LogP contribution in [-0.2, 0) is 28.8 Å². The number of nitrogens with zero attached hydrogens (tertiary/aromatic N) is 4. The first kappa shape index (κ1) is 24.5. The van der Waals surface area contributed by atoms with Crippen LogP contribution in [0.15, 0.2) is 29.5 Å². The van der Waals surface area contributed by atoms with Crippen molar-refractivity contribution in [2.45, 2.75) is 89.2 Å². The molecule has 178 valence electrons. The first-order valence-corrected chi connectivity index (χ1v) is 12.3. The Balaban J connectivity index is 1.74. The van der Waals surface area contributed by atoms with Crippen LogP contribution in [0.5, 0.6) is 0 Å². The number of rotatable bonds is 6. The fourth-order valence-corrected chi connectivity index (χ4v) is 5.37. The Kier molecular flexibility index (Phi) is 6.92. The molecule has 1 aliphatic heterocycles. The van der Waals surface area contributed by atoms with Crippen molar-refractivity contribution in [1.82, 2.24) is 20.2 Å². The lowest BCUT2D eigenvalue weighted by Crippen LogP contribution is -2.48. The number of aromatic nitrogens is 4. The molecular formula is C21H32N4O6S. The molecule has 10 nitrogen and oxygen atoms in total. The second-order valence-corrected chi connectivity index (χ2v) is 11.6. The quantitative estimate of drug-likeness (QED) is 0.579. The summed E-state index contributed by atoms with van der Waals surface area (Å²) in [6, 6.07) is -0.299. The number of carbonyl (C=O) groups excluding carboxylic acids is 1. The zero-order chi connectivity index (χ0) is 23.7. The zero-order valence-electron chi connectivity index (χ0n) is 19.4. The van der Waals surface area contributed by atoms with E-state index in [0.717, 1.165) is 0 Å². The van der Waals surface area contributed by atoms with E-state index < -0.39 is 39.4 Å². The van der Waals surface area contributed by atoms with Gasteiger partial charge in [0.25, 0.3) is 5.16 Å². The highest BCUT2D eigenvalue weighted by Gasteiger charge is 2.40. The maximum absolute atomic E-state index is 13.2. The van der Waals surface area contributed by atoms with Gasteiger partial charge >= 0.3 is 5.97 Å². The van der Waals surface area contributed by atoms with Crippen LogP contribution in [0.25, 0.3) is 0 Å². The molecule has 2 unspecified atom stereocenters. The highest BCUT2D eigenvalue weighted by molar-refractivity contribution is 7.91. The number of hydrogen-bond donors (Lipinski definition) is 0. The molecular weight excluding hydrogens is 436 g/mol. The summed E-state index contributed by atoms with van der Waals surface area (Å²) in [4.78, 5) is 12.3. The van der Waals surface area contributed by atoms with E-state index in [1.54, 1.807) is 34.6 Å².